The number of nitrogens with zero attached hydrogens (tertiary/aromatic N) is 1. The molecule has 2 atom stereocenters. The molecule has 2 aliphatic rings. The molecule has 0 aromatic heterocycles. The van der Waals surface area contributed by atoms with Crippen molar-refractivity contribution in [3.63, 3.8) is 0 Å². The van der Waals surface area contributed by atoms with Gasteiger partial charge in [-0.25, -0.2) is 4.79 Å². The van der Waals surface area contributed by atoms with Gasteiger partial charge in [0, 0.05) is 31.7 Å². The summed E-state index contributed by atoms with van der Waals surface area (Å²) < 4.78 is 0. The molecule has 15 heavy (non-hydrogen) atoms. The van der Waals surface area contributed by atoms with Gasteiger partial charge < -0.3 is 15.5 Å². The molecule has 4 nitrogen and oxygen atoms in total. The van der Waals surface area contributed by atoms with E-state index >= 15 is 0 Å². The van der Waals surface area contributed by atoms with Crippen LogP contribution in [-0.4, -0.2) is 42.6 Å². The van der Waals surface area contributed by atoms with Crippen molar-refractivity contribution in [1.82, 2.24) is 15.5 Å². The Hall–Kier alpha value is -0.770. The van der Waals surface area contributed by atoms with Crippen LogP contribution in [-0.2, 0) is 0 Å². The van der Waals surface area contributed by atoms with Gasteiger partial charge in [-0.2, -0.15) is 0 Å². The molecule has 2 aliphatic heterocycles. The second-order valence-electron chi connectivity index (χ2n) is 4.60. The fourth-order valence-electron chi connectivity index (χ4n) is 2.47. The van der Waals surface area contributed by atoms with E-state index < -0.39 is 0 Å². The molecule has 0 aromatic rings. The Morgan fingerprint density at radius 1 is 1.40 bits per heavy atom. The Labute approximate surface area is 91.4 Å². The monoisotopic (exact) mass is 211 g/mol. The summed E-state index contributed by atoms with van der Waals surface area (Å²) in [5.41, 5.74) is 0. The highest BCUT2D eigenvalue weighted by Gasteiger charge is 2.30. The van der Waals surface area contributed by atoms with Gasteiger partial charge in [-0.15, -0.1) is 0 Å². The Morgan fingerprint density at radius 3 is 3.00 bits per heavy atom. The number of amides is 2. The van der Waals surface area contributed by atoms with Gasteiger partial charge in [-0.1, -0.05) is 6.92 Å². The summed E-state index contributed by atoms with van der Waals surface area (Å²) in [6, 6.07) is 1.30. The molecule has 2 rings (SSSR count). The molecule has 4 heteroatoms. The Morgan fingerprint density at radius 2 is 2.20 bits per heavy atom. The number of hydrogen-bond acceptors (Lipinski definition) is 2. The van der Waals surface area contributed by atoms with Crippen LogP contribution >= 0.6 is 0 Å². The predicted molar refractivity (Wildman–Crippen MR) is 59.8 cm³/mol. The maximum atomic E-state index is 11.8. The fraction of sp³-hybridized carbons (Fsp3) is 0.909. The van der Waals surface area contributed by atoms with Crippen LogP contribution in [0.4, 0.5) is 4.79 Å². The molecule has 2 bridgehead atoms. The first-order valence-corrected chi connectivity index (χ1v) is 6.08. The maximum absolute atomic E-state index is 11.8. The van der Waals surface area contributed by atoms with Crippen LogP contribution < -0.4 is 10.6 Å². The van der Waals surface area contributed by atoms with Crippen LogP contribution in [0.1, 0.15) is 32.6 Å². The third-order valence-corrected chi connectivity index (χ3v) is 3.34. The van der Waals surface area contributed by atoms with Crippen LogP contribution in [0.25, 0.3) is 0 Å². The normalized spacial score (nSPS) is 30.1. The van der Waals surface area contributed by atoms with Crippen molar-refractivity contribution in [2.45, 2.75) is 44.7 Å². The van der Waals surface area contributed by atoms with Gasteiger partial charge in [0.25, 0.3) is 0 Å². The molecule has 0 saturated carbocycles. The van der Waals surface area contributed by atoms with Gasteiger partial charge in [0.15, 0.2) is 0 Å². The SMILES string of the molecule is CCCNC(=O)N1CCC2CCC(C1)N2. The van der Waals surface area contributed by atoms with E-state index in [1.807, 2.05) is 4.90 Å². The third-order valence-electron chi connectivity index (χ3n) is 3.34. The summed E-state index contributed by atoms with van der Waals surface area (Å²) in [6.45, 7) is 4.65. The van der Waals surface area contributed by atoms with Crippen LogP contribution in [0.15, 0.2) is 0 Å². The van der Waals surface area contributed by atoms with Crippen molar-refractivity contribution in [2.24, 2.45) is 0 Å². The van der Waals surface area contributed by atoms with E-state index in [1.165, 1.54) is 12.8 Å². The van der Waals surface area contributed by atoms with Gasteiger partial charge >= 0.3 is 6.03 Å². The van der Waals surface area contributed by atoms with E-state index in [-0.39, 0.29) is 6.03 Å². The molecule has 2 saturated heterocycles. The number of likely N-dealkylation sites (tertiary alicyclic amines) is 1. The maximum Gasteiger partial charge on any atom is 0.317 e. The lowest BCUT2D eigenvalue weighted by molar-refractivity contribution is 0.195. The van der Waals surface area contributed by atoms with Crippen molar-refractivity contribution in [2.75, 3.05) is 19.6 Å². The second kappa shape index (κ2) is 4.84. The Kier molecular flexibility index (Phi) is 3.46. The van der Waals surface area contributed by atoms with Gasteiger partial charge in [0.2, 0.25) is 0 Å². The standard InChI is InChI=1S/C11H21N3O/c1-2-6-12-11(15)14-7-5-9-3-4-10(8-14)13-9/h9-10,13H,2-8H2,1H3,(H,12,15). The van der Waals surface area contributed by atoms with E-state index in [0.29, 0.717) is 12.1 Å². The molecular formula is C11H21N3O. The average molecular weight is 211 g/mol. The molecule has 0 spiro atoms. The fourth-order valence-corrected chi connectivity index (χ4v) is 2.47. The number of nitrogens with one attached hydrogen (secondary N) is 2. The third kappa shape index (κ3) is 2.62. The minimum atomic E-state index is 0.117. The van der Waals surface area contributed by atoms with Crippen LogP contribution in [0.3, 0.4) is 0 Å². The van der Waals surface area contributed by atoms with E-state index in [2.05, 4.69) is 17.6 Å². The van der Waals surface area contributed by atoms with Crippen LogP contribution in [0.5, 0.6) is 0 Å². The van der Waals surface area contributed by atoms with Crippen molar-refractivity contribution >= 4 is 6.03 Å². The van der Waals surface area contributed by atoms with E-state index in [0.717, 1.165) is 32.5 Å². The smallest absolute Gasteiger partial charge is 0.317 e. The number of fused-ring (bicyclic) bond motifs is 2. The lowest BCUT2D eigenvalue weighted by atomic mass is 10.1. The van der Waals surface area contributed by atoms with Gasteiger partial charge in [-0.05, 0) is 25.7 Å². The highest BCUT2D eigenvalue weighted by atomic mass is 16.2. The van der Waals surface area contributed by atoms with Crippen molar-refractivity contribution < 1.29 is 4.79 Å². The molecule has 86 valence electrons. The summed E-state index contributed by atoms with van der Waals surface area (Å²) in [4.78, 5) is 13.7. The first-order chi connectivity index (χ1) is 7.29. The topological polar surface area (TPSA) is 44.4 Å². The highest BCUT2D eigenvalue weighted by molar-refractivity contribution is 5.74. The second-order valence-corrected chi connectivity index (χ2v) is 4.60. The minimum absolute atomic E-state index is 0.117. The predicted octanol–water partition coefficient (Wildman–Crippen LogP) is 0.932. The molecule has 0 aliphatic carbocycles. The molecule has 2 amide bonds. The van der Waals surface area contributed by atoms with Crippen LogP contribution in [0.2, 0.25) is 0 Å². The zero-order valence-corrected chi connectivity index (χ0v) is 9.46. The van der Waals surface area contributed by atoms with E-state index in [4.69, 9.17) is 0 Å². The van der Waals surface area contributed by atoms with Crippen molar-refractivity contribution in [1.29, 1.82) is 0 Å². The molecule has 0 aromatic carbocycles. The quantitative estimate of drug-likeness (QED) is 0.713. The number of carbonyl (C=O) groups excluding carboxylic acids is 1. The van der Waals surface area contributed by atoms with E-state index in [9.17, 15) is 4.79 Å². The number of carbonyl (C=O) groups is 1. The summed E-state index contributed by atoms with van der Waals surface area (Å²) in [5.74, 6) is 0. The summed E-state index contributed by atoms with van der Waals surface area (Å²) >= 11 is 0. The highest BCUT2D eigenvalue weighted by Crippen LogP contribution is 2.20. The van der Waals surface area contributed by atoms with Gasteiger partial charge in [-0.3, -0.25) is 0 Å². The molecule has 0 radical (unpaired) electrons. The Bertz CT molecular complexity index is 232. The summed E-state index contributed by atoms with van der Waals surface area (Å²) in [5, 5.41) is 6.52. The lowest BCUT2D eigenvalue weighted by Crippen LogP contribution is -2.44. The average Bonchev–Trinajstić information content (AvgIpc) is 2.55. The van der Waals surface area contributed by atoms with Crippen molar-refractivity contribution in [3.8, 4) is 0 Å². The van der Waals surface area contributed by atoms with E-state index in [1.54, 1.807) is 0 Å². The number of urea groups is 1. The van der Waals surface area contributed by atoms with Crippen LogP contribution in [0, 0.1) is 0 Å². The first-order valence-electron chi connectivity index (χ1n) is 6.08. The summed E-state index contributed by atoms with van der Waals surface area (Å²) in [7, 11) is 0. The molecule has 2 fully saturated rings. The zero-order valence-electron chi connectivity index (χ0n) is 9.46. The van der Waals surface area contributed by atoms with Gasteiger partial charge in [0.1, 0.15) is 0 Å². The first kappa shape index (κ1) is 10.7. The molecule has 2 heterocycles. The van der Waals surface area contributed by atoms with Crippen molar-refractivity contribution in [3.05, 3.63) is 0 Å². The zero-order chi connectivity index (χ0) is 10.7. The largest absolute Gasteiger partial charge is 0.338 e. The Balaban J connectivity index is 1.84. The molecule has 2 N–H and O–H groups in total. The number of rotatable bonds is 2. The summed E-state index contributed by atoms with van der Waals surface area (Å²) in [6.07, 6.45) is 4.62. The lowest BCUT2D eigenvalue weighted by Gasteiger charge is -2.24. The molecule has 2 unspecified atom stereocenters. The minimum Gasteiger partial charge on any atom is -0.338 e. The molecular weight excluding hydrogens is 190 g/mol. The number of hydrogen-bond donors (Lipinski definition) is 2. The van der Waals surface area contributed by atoms with Gasteiger partial charge in [0.05, 0.1) is 0 Å².